The van der Waals surface area contributed by atoms with E-state index in [1.807, 2.05) is 60.4 Å². The lowest BCUT2D eigenvalue weighted by molar-refractivity contribution is 0.0875. The number of aryl methyl sites for hydroxylation is 1. The van der Waals surface area contributed by atoms with Gasteiger partial charge in [-0.1, -0.05) is 43.9 Å². The van der Waals surface area contributed by atoms with E-state index in [4.69, 9.17) is 4.74 Å². The Kier molecular flexibility index (Phi) is 5.71. The monoisotopic (exact) mass is 471 g/mol. The lowest BCUT2D eigenvalue weighted by Gasteiger charge is -2.15. The van der Waals surface area contributed by atoms with Crippen molar-refractivity contribution in [1.29, 1.82) is 0 Å². The molecule has 0 fully saturated rings. The average molecular weight is 472 g/mol. The molecule has 7 nitrogen and oxygen atoms in total. The SMILES string of the molecule is Cn1cnc2c(-c3ccc(-n4c(=O)n(COCC[Si](C)(C)C)c5cccnc54)cc3)cccc21. The molecular formula is C26H29N5O2Si. The van der Waals surface area contributed by atoms with Crippen molar-refractivity contribution >= 4 is 30.3 Å². The third kappa shape index (κ3) is 4.10. The summed E-state index contributed by atoms with van der Waals surface area (Å²) in [4.78, 5) is 22.5. The molecule has 0 aliphatic rings. The minimum atomic E-state index is -1.20. The number of aromatic nitrogens is 5. The van der Waals surface area contributed by atoms with Crippen LogP contribution in [0.15, 0.2) is 71.9 Å². The van der Waals surface area contributed by atoms with Crippen LogP contribution in [0.3, 0.4) is 0 Å². The van der Waals surface area contributed by atoms with Crippen molar-refractivity contribution in [3.05, 3.63) is 77.6 Å². The fourth-order valence-corrected chi connectivity index (χ4v) is 4.92. The molecule has 0 saturated heterocycles. The summed E-state index contributed by atoms with van der Waals surface area (Å²) < 4.78 is 11.2. The number of pyridine rings is 1. The number of nitrogens with zero attached hydrogens (tertiary/aromatic N) is 5. The maximum absolute atomic E-state index is 13.4. The maximum atomic E-state index is 13.4. The Balaban J connectivity index is 1.50. The number of hydrogen-bond donors (Lipinski definition) is 0. The molecule has 5 aromatic rings. The highest BCUT2D eigenvalue weighted by Crippen LogP contribution is 2.28. The normalized spacial score (nSPS) is 12.1. The van der Waals surface area contributed by atoms with E-state index in [0.29, 0.717) is 12.3 Å². The zero-order valence-electron chi connectivity index (χ0n) is 20.0. The number of fused-ring (bicyclic) bond motifs is 2. The summed E-state index contributed by atoms with van der Waals surface area (Å²) in [6, 6.07) is 19.0. The van der Waals surface area contributed by atoms with Crippen molar-refractivity contribution in [2.75, 3.05) is 6.61 Å². The molecule has 0 radical (unpaired) electrons. The molecule has 8 heteroatoms. The first-order valence-corrected chi connectivity index (χ1v) is 15.2. The molecule has 2 aromatic carbocycles. The Bertz CT molecular complexity index is 1520. The van der Waals surface area contributed by atoms with E-state index in [9.17, 15) is 4.79 Å². The Hall–Kier alpha value is -3.49. The number of hydrogen-bond acceptors (Lipinski definition) is 4. The predicted octanol–water partition coefficient (Wildman–Crippen LogP) is 5.05. The summed E-state index contributed by atoms with van der Waals surface area (Å²) in [5.74, 6) is 0. The molecule has 0 N–H and O–H groups in total. The van der Waals surface area contributed by atoms with Crippen molar-refractivity contribution < 1.29 is 4.74 Å². The highest BCUT2D eigenvalue weighted by molar-refractivity contribution is 6.76. The van der Waals surface area contributed by atoms with E-state index < -0.39 is 8.07 Å². The topological polar surface area (TPSA) is 66.9 Å². The number of benzene rings is 2. The fourth-order valence-electron chi connectivity index (χ4n) is 4.16. The molecule has 34 heavy (non-hydrogen) atoms. The van der Waals surface area contributed by atoms with Crippen LogP contribution in [-0.4, -0.2) is 38.4 Å². The molecule has 3 aromatic heterocycles. The summed E-state index contributed by atoms with van der Waals surface area (Å²) in [6.45, 7) is 7.82. The number of ether oxygens (including phenoxy) is 1. The standard InChI is InChI=1S/C26H29N5O2Si/c1-29-17-28-24-21(7-5-8-22(24)29)19-10-12-20(13-11-19)31-25-23(9-6-14-27-25)30(26(31)32)18-33-15-16-34(2,3)4/h5-14,17H,15-16,18H2,1-4H3. The second kappa shape index (κ2) is 8.70. The molecule has 3 heterocycles. The molecule has 0 saturated carbocycles. The van der Waals surface area contributed by atoms with Gasteiger partial charge in [0, 0.05) is 33.5 Å². The highest BCUT2D eigenvalue weighted by atomic mass is 28.3. The van der Waals surface area contributed by atoms with Crippen molar-refractivity contribution in [3.63, 3.8) is 0 Å². The van der Waals surface area contributed by atoms with Gasteiger partial charge in [0.1, 0.15) is 6.73 Å². The summed E-state index contributed by atoms with van der Waals surface area (Å²) in [5, 5.41) is 0. The quantitative estimate of drug-likeness (QED) is 0.246. The third-order valence-corrected chi connectivity index (χ3v) is 7.80. The van der Waals surface area contributed by atoms with Gasteiger partial charge in [0.15, 0.2) is 5.65 Å². The molecular weight excluding hydrogens is 442 g/mol. The van der Waals surface area contributed by atoms with Crippen LogP contribution in [0.5, 0.6) is 0 Å². The van der Waals surface area contributed by atoms with Crippen LogP contribution in [0.4, 0.5) is 0 Å². The van der Waals surface area contributed by atoms with Gasteiger partial charge in [-0.15, -0.1) is 0 Å². The molecule has 0 amide bonds. The van der Waals surface area contributed by atoms with Gasteiger partial charge in [0.05, 0.1) is 28.6 Å². The minimum absolute atomic E-state index is 0.152. The minimum Gasteiger partial charge on any atom is -0.361 e. The van der Waals surface area contributed by atoms with E-state index in [1.165, 1.54) is 0 Å². The Morgan fingerprint density at radius 1 is 0.941 bits per heavy atom. The van der Waals surface area contributed by atoms with E-state index in [1.54, 1.807) is 15.3 Å². The predicted molar refractivity (Wildman–Crippen MR) is 139 cm³/mol. The Morgan fingerprint density at radius 2 is 1.71 bits per heavy atom. The highest BCUT2D eigenvalue weighted by Gasteiger charge is 2.17. The van der Waals surface area contributed by atoms with Gasteiger partial charge in [0.2, 0.25) is 0 Å². The molecule has 5 rings (SSSR count). The van der Waals surface area contributed by atoms with E-state index in [0.717, 1.165) is 39.4 Å². The van der Waals surface area contributed by atoms with Crippen LogP contribution in [-0.2, 0) is 18.5 Å². The van der Waals surface area contributed by atoms with Crippen LogP contribution >= 0.6 is 0 Å². The zero-order valence-corrected chi connectivity index (χ0v) is 21.0. The smallest absolute Gasteiger partial charge is 0.336 e. The lowest BCUT2D eigenvalue weighted by Crippen LogP contribution is -2.26. The largest absolute Gasteiger partial charge is 0.361 e. The zero-order chi connectivity index (χ0) is 23.9. The number of rotatable bonds is 7. The molecule has 0 bridgehead atoms. The number of para-hydroxylation sites is 1. The second-order valence-corrected chi connectivity index (χ2v) is 15.4. The van der Waals surface area contributed by atoms with Crippen LogP contribution in [0.1, 0.15) is 0 Å². The van der Waals surface area contributed by atoms with E-state index >= 15 is 0 Å². The average Bonchev–Trinajstić information content (AvgIpc) is 3.33. The van der Waals surface area contributed by atoms with Crippen LogP contribution in [0.25, 0.3) is 39.0 Å². The molecule has 0 unspecified atom stereocenters. The lowest BCUT2D eigenvalue weighted by atomic mass is 10.0. The van der Waals surface area contributed by atoms with Crippen molar-refractivity contribution in [1.82, 2.24) is 23.7 Å². The second-order valence-electron chi connectivity index (χ2n) is 9.82. The van der Waals surface area contributed by atoms with Crippen molar-refractivity contribution in [2.24, 2.45) is 7.05 Å². The van der Waals surface area contributed by atoms with Gasteiger partial charge < -0.3 is 9.30 Å². The maximum Gasteiger partial charge on any atom is 0.336 e. The fraction of sp³-hybridized carbons (Fsp3) is 0.269. The Labute approximate surface area is 199 Å². The van der Waals surface area contributed by atoms with Gasteiger partial charge >= 0.3 is 5.69 Å². The van der Waals surface area contributed by atoms with Gasteiger partial charge in [-0.2, -0.15) is 0 Å². The van der Waals surface area contributed by atoms with Crippen molar-refractivity contribution in [2.45, 2.75) is 32.4 Å². The summed E-state index contributed by atoms with van der Waals surface area (Å²) in [7, 11) is 0.797. The van der Waals surface area contributed by atoms with E-state index in [-0.39, 0.29) is 12.4 Å². The third-order valence-electron chi connectivity index (χ3n) is 6.10. The summed E-state index contributed by atoms with van der Waals surface area (Å²) in [6.07, 6.45) is 3.54. The van der Waals surface area contributed by atoms with Crippen LogP contribution in [0.2, 0.25) is 25.7 Å². The van der Waals surface area contributed by atoms with Crippen LogP contribution < -0.4 is 5.69 Å². The first kappa shape index (κ1) is 22.3. The van der Waals surface area contributed by atoms with Gasteiger partial charge in [-0.25, -0.2) is 19.3 Å². The molecule has 0 spiro atoms. The molecule has 0 atom stereocenters. The summed E-state index contributed by atoms with van der Waals surface area (Å²) >= 11 is 0. The molecule has 0 aliphatic carbocycles. The Morgan fingerprint density at radius 3 is 2.47 bits per heavy atom. The molecule has 174 valence electrons. The molecule has 0 aliphatic heterocycles. The summed E-state index contributed by atoms with van der Waals surface area (Å²) in [5.41, 5.74) is 6.17. The first-order chi connectivity index (χ1) is 16.3. The van der Waals surface area contributed by atoms with Gasteiger partial charge in [0.25, 0.3) is 0 Å². The van der Waals surface area contributed by atoms with E-state index in [2.05, 4.69) is 41.7 Å². The van der Waals surface area contributed by atoms with Gasteiger partial charge in [-0.3, -0.25) is 4.57 Å². The number of imidazole rings is 2. The van der Waals surface area contributed by atoms with Crippen molar-refractivity contribution in [3.8, 4) is 16.8 Å². The van der Waals surface area contributed by atoms with Crippen LogP contribution in [0, 0.1) is 0 Å². The first-order valence-electron chi connectivity index (χ1n) is 11.5. The van der Waals surface area contributed by atoms with Gasteiger partial charge in [-0.05, 0) is 41.9 Å².